The third kappa shape index (κ3) is 3.94. The molecule has 0 unspecified atom stereocenters. The van der Waals surface area contributed by atoms with Crippen LogP contribution in [0.3, 0.4) is 0 Å². The molecule has 0 heterocycles. The molecule has 1 aromatic carbocycles. The van der Waals surface area contributed by atoms with Gasteiger partial charge in [0, 0.05) is 5.54 Å². The summed E-state index contributed by atoms with van der Waals surface area (Å²) in [6.45, 7) is 4.08. The zero-order chi connectivity index (χ0) is 11.3. The van der Waals surface area contributed by atoms with Crippen LogP contribution in [0.5, 0.6) is 5.75 Å². The predicted octanol–water partition coefficient (Wildman–Crippen LogP) is 3.26. The van der Waals surface area contributed by atoms with E-state index < -0.39 is 6.10 Å². The van der Waals surface area contributed by atoms with Crippen LogP contribution >= 0.6 is 11.6 Å². The maximum absolute atomic E-state index is 9.38. The highest BCUT2D eigenvalue weighted by atomic mass is 35.5. The number of benzene rings is 1. The van der Waals surface area contributed by atoms with Gasteiger partial charge in [-0.25, -0.2) is 0 Å². The highest BCUT2D eigenvalue weighted by Gasteiger charge is 2.02. The summed E-state index contributed by atoms with van der Waals surface area (Å²) in [6, 6.07) is 7.40. The minimum atomic E-state index is -0.474. The summed E-state index contributed by atoms with van der Waals surface area (Å²) in [4.78, 5) is 0. The van der Waals surface area contributed by atoms with E-state index in [4.69, 9.17) is 16.3 Å². The number of halogens is 1. The van der Waals surface area contributed by atoms with Gasteiger partial charge in [-0.3, -0.25) is 0 Å². The molecule has 15 heavy (non-hydrogen) atoms. The minimum Gasteiger partial charge on any atom is -0.489 e. The van der Waals surface area contributed by atoms with Crippen molar-refractivity contribution in [3.8, 4) is 5.75 Å². The van der Waals surface area contributed by atoms with E-state index in [2.05, 4.69) is 0 Å². The lowest BCUT2D eigenvalue weighted by Crippen LogP contribution is -1.99. The maximum Gasteiger partial charge on any atom is 0.120 e. The van der Waals surface area contributed by atoms with Crippen molar-refractivity contribution in [2.75, 3.05) is 6.61 Å². The van der Waals surface area contributed by atoms with Gasteiger partial charge in [-0.15, -0.1) is 0 Å². The van der Waals surface area contributed by atoms with Crippen LogP contribution in [-0.2, 0) is 0 Å². The molecule has 82 valence electrons. The van der Waals surface area contributed by atoms with E-state index in [9.17, 15) is 5.11 Å². The van der Waals surface area contributed by atoms with Gasteiger partial charge in [-0.1, -0.05) is 23.7 Å². The Kier molecular flexibility index (Phi) is 4.66. The van der Waals surface area contributed by atoms with Gasteiger partial charge in [-0.05, 0) is 37.1 Å². The van der Waals surface area contributed by atoms with E-state index in [0.717, 1.165) is 16.9 Å². The first-order valence-electron chi connectivity index (χ1n) is 4.80. The largest absolute Gasteiger partial charge is 0.489 e. The van der Waals surface area contributed by atoms with Gasteiger partial charge < -0.3 is 9.84 Å². The van der Waals surface area contributed by atoms with Gasteiger partial charge in [0.15, 0.2) is 0 Å². The quantitative estimate of drug-likeness (QED) is 0.854. The number of ether oxygens (including phenoxy) is 1. The van der Waals surface area contributed by atoms with Gasteiger partial charge in [0.05, 0.1) is 6.10 Å². The molecular formula is C12H15ClO2. The summed E-state index contributed by atoms with van der Waals surface area (Å²) < 4.78 is 5.49. The lowest BCUT2D eigenvalue weighted by atomic mass is 10.1. The molecule has 1 aromatic rings. The fourth-order valence-corrected chi connectivity index (χ4v) is 1.16. The lowest BCUT2D eigenvalue weighted by Gasteiger charge is -2.09. The molecule has 0 aliphatic carbocycles. The van der Waals surface area contributed by atoms with E-state index in [1.807, 2.05) is 31.2 Å². The number of rotatable bonds is 4. The molecule has 0 saturated carbocycles. The third-order valence-corrected chi connectivity index (χ3v) is 2.37. The second-order valence-electron chi connectivity index (χ2n) is 3.49. The van der Waals surface area contributed by atoms with Crippen LogP contribution in [-0.4, -0.2) is 11.7 Å². The molecule has 1 rings (SSSR count). The Morgan fingerprint density at radius 1 is 1.60 bits per heavy atom. The van der Waals surface area contributed by atoms with Gasteiger partial charge in [0.1, 0.15) is 12.4 Å². The minimum absolute atomic E-state index is 0.465. The molecule has 0 aromatic heterocycles. The fourth-order valence-electron chi connectivity index (χ4n) is 1.09. The zero-order valence-electron chi connectivity index (χ0n) is 8.90. The summed E-state index contributed by atoms with van der Waals surface area (Å²) in [6.07, 6.45) is -0.474. The number of hydrogen-bond donors (Lipinski definition) is 1. The Labute approximate surface area is 95.1 Å². The van der Waals surface area contributed by atoms with Crippen LogP contribution in [0.4, 0.5) is 0 Å². The van der Waals surface area contributed by atoms with Crippen LogP contribution in [0.1, 0.15) is 25.5 Å². The van der Waals surface area contributed by atoms with E-state index in [1.54, 1.807) is 6.92 Å². The molecule has 0 spiro atoms. The summed E-state index contributed by atoms with van der Waals surface area (Å²) in [7, 11) is 0. The summed E-state index contributed by atoms with van der Waals surface area (Å²) >= 11 is 5.52. The van der Waals surface area contributed by atoms with Gasteiger partial charge in [0.2, 0.25) is 0 Å². The predicted molar refractivity (Wildman–Crippen MR) is 62.2 cm³/mol. The molecule has 0 amide bonds. The van der Waals surface area contributed by atoms with E-state index >= 15 is 0 Å². The van der Waals surface area contributed by atoms with Crippen molar-refractivity contribution in [2.45, 2.75) is 20.0 Å². The van der Waals surface area contributed by atoms with Crippen molar-refractivity contribution < 1.29 is 9.84 Å². The van der Waals surface area contributed by atoms with Crippen LogP contribution < -0.4 is 4.74 Å². The highest BCUT2D eigenvalue weighted by molar-refractivity contribution is 6.25. The Hall–Kier alpha value is -0.990. The van der Waals surface area contributed by atoms with E-state index in [-0.39, 0.29) is 0 Å². The Balaban J connectivity index is 2.66. The molecule has 0 saturated heterocycles. The topological polar surface area (TPSA) is 29.5 Å². The monoisotopic (exact) mass is 226 g/mol. The number of aliphatic hydroxyl groups is 1. The molecule has 1 N–H and O–H groups in total. The van der Waals surface area contributed by atoms with Crippen molar-refractivity contribution >= 4 is 11.6 Å². The molecule has 0 aliphatic rings. The SMILES string of the molecule is C/C(=C\Cl)COc1cccc([C@H](C)O)c1. The van der Waals surface area contributed by atoms with E-state index in [0.29, 0.717) is 6.61 Å². The second kappa shape index (κ2) is 5.79. The smallest absolute Gasteiger partial charge is 0.120 e. The van der Waals surface area contributed by atoms with Crippen LogP contribution in [0, 0.1) is 0 Å². The molecule has 0 aliphatic heterocycles. The second-order valence-corrected chi connectivity index (χ2v) is 3.71. The summed E-state index contributed by atoms with van der Waals surface area (Å²) in [5, 5.41) is 9.38. The average Bonchev–Trinajstić information content (AvgIpc) is 2.26. The normalized spacial score (nSPS) is 13.7. The first kappa shape index (κ1) is 12.1. The third-order valence-electron chi connectivity index (χ3n) is 1.99. The Morgan fingerprint density at radius 2 is 2.33 bits per heavy atom. The fraction of sp³-hybridized carbons (Fsp3) is 0.333. The van der Waals surface area contributed by atoms with Crippen LogP contribution in [0.2, 0.25) is 0 Å². The van der Waals surface area contributed by atoms with Crippen LogP contribution in [0.25, 0.3) is 0 Å². The molecule has 2 nitrogen and oxygen atoms in total. The van der Waals surface area contributed by atoms with Crippen molar-refractivity contribution in [2.24, 2.45) is 0 Å². The van der Waals surface area contributed by atoms with Gasteiger partial charge in [0.25, 0.3) is 0 Å². The van der Waals surface area contributed by atoms with Crippen molar-refractivity contribution in [3.63, 3.8) is 0 Å². The maximum atomic E-state index is 9.38. The molecular weight excluding hydrogens is 212 g/mol. The molecule has 0 fully saturated rings. The number of aliphatic hydroxyl groups excluding tert-OH is 1. The molecule has 1 atom stereocenters. The Morgan fingerprint density at radius 3 is 2.93 bits per heavy atom. The first-order chi connectivity index (χ1) is 7.13. The zero-order valence-corrected chi connectivity index (χ0v) is 9.66. The summed E-state index contributed by atoms with van der Waals surface area (Å²) in [5.41, 5.74) is 3.30. The lowest BCUT2D eigenvalue weighted by molar-refractivity contribution is 0.198. The van der Waals surface area contributed by atoms with Gasteiger partial charge in [-0.2, -0.15) is 0 Å². The molecule has 0 bridgehead atoms. The average molecular weight is 227 g/mol. The standard InChI is InChI=1S/C12H15ClO2/c1-9(7-13)8-15-12-5-3-4-11(6-12)10(2)14/h3-7,10,14H,8H2,1-2H3/b9-7+/t10-/m0/s1. The van der Waals surface area contributed by atoms with Crippen molar-refractivity contribution in [3.05, 3.63) is 40.9 Å². The molecule has 0 radical (unpaired) electrons. The number of hydrogen-bond acceptors (Lipinski definition) is 2. The first-order valence-corrected chi connectivity index (χ1v) is 5.24. The summed E-state index contributed by atoms with van der Waals surface area (Å²) in [5.74, 6) is 0.742. The molecule has 3 heteroatoms. The van der Waals surface area contributed by atoms with Gasteiger partial charge >= 0.3 is 0 Å². The van der Waals surface area contributed by atoms with Crippen LogP contribution in [0.15, 0.2) is 35.4 Å². The Bertz CT molecular complexity index is 345. The highest BCUT2D eigenvalue weighted by Crippen LogP contribution is 2.19. The van der Waals surface area contributed by atoms with Crippen molar-refractivity contribution in [1.82, 2.24) is 0 Å². The van der Waals surface area contributed by atoms with E-state index in [1.165, 1.54) is 5.54 Å². The van der Waals surface area contributed by atoms with Crippen molar-refractivity contribution in [1.29, 1.82) is 0 Å².